The van der Waals surface area contributed by atoms with Crippen LogP contribution in [-0.2, 0) is 4.74 Å². The number of nitrogens with zero attached hydrogens (tertiary/aromatic N) is 3. The molecule has 0 saturated heterocycles. The minimum absolute atomic E-state index is 0.124. The minimum Gasteiger partial charge on any atom is -0.493 e. The van der Waals surface area contributed by atoms with Gasteiger partial charge in [0.1, 0.15) is 11.6 Å². The molecule has 5 heteroatoms. The number of ether oxygens (including phenoxy) is 2. The normalized spacial score (nSPS) is 18.8. The van der Waals surface area contributed by atoms with Crippen LogP contribution >= 0.6 is 0 Å². The number of hydrogen-bond acceptors (Lipinski definition) is 5. The third-order valence-corrected chi connectivity index (χ3v) is 6.27. The number of rotatable bonds is 12. The zero-order chi connectivity index (χ0) is 23.3. The quantitative estimate of drug-likeness (QED) is 0.405. The van der Waals surface area contributed by atoms with Crippen molar-refractivity contribution in [3.05, 3.63) is 40.2 Å². The van der Waals surface area contributed by atoms with E-state index in [2.05, 4.69) is 63.5 Å². The topological polar surface area (TPSA) is 37.3 Å². The van der Waals surface area contributed by atoms with E-state index in [9.17, 15) is 0 Å². The van der Waals surface area contributed by atoms with Gasteiger partial charge in [-0.3, -0.25) is 0 Å². The fourth-order valence-electron chi connectivity index (χ4n) is 4.74. The summed E-state index contributed by atoms with van der Waals surface area (Å²) in [6.45, 7) is 16.8. The fourth-order valence-corrected chi connectivity index (χ4v) is 4.74. The Hall–Kier alpha value is -2.01. The van der Waals surface area contributed by atoms with E-state index in [0.29, 0.717) is 12.5 Å². The molecule has 32 heavy (non-hydrogen) atoms. The van der Waals surface area contributed by atoms with Gasteiger partial charge in [-0.2, -0.15) is 0 Å². The first-order valence-electron chi connectivity index (χ1n) is 12.5. The zero-order valence-electron chi connectivity index (χ0n) is 21.3. The van der Waals surface area contributed by atoms with Gasteiger partial charge in [0.05, 0.1) is 23.6 Å². The standard InChI is InChI=1S/C27H43N3O2/c1-8-13-29(14-9-2)25-21(6)28-26(30(27(25)31-7)18-22-11-12-22)24-20(5)16-19(4)17-23(24)32-15-10-3/h16-17,22,27H,8-15,18H2,1-7H3. The van der Waals surface area contributed by atoms with Crippen LogP contribution in [0.3, 0.4) is 0 Å². The second-order valence-corrected chi connectivity index (χ2v) is 9.38. The number of aliphatic imine (C=N–C) groups is 1. The van der Waals surface area contributed by atoms with Gasteiger partial charge in [0.2, 0.25) is 0 Å². The van der Waals surface area contributed by atoms with Gasteiger partial charge in [-0.05, 0) is 76.0 Å². The fraction of sp³-hybridized carbons (Fsp3) is 0.667. The van der Waals surface area contributed by atoms with Crippen molar-refractivity contribution < 1.29 is 9.47 Å². The number of aryl methyl sites for hydroxylation is 2. The molecule has 0 radical (unpaired) electrons. The van der Waals surface area contributed by atoms with Crippen molar-refractivity contribution >= 4 is 5.84 Å². The minimum atomic E-state index is -0.124. The van der Waals surface area contributed by atoms with Crippen molar-refractivity contribution in [2.45, 2.75) is 79.9 Å². The van der Waals surface area contributed by atoms with Gasteiger partial charge in [0, 0.05) is 26.7 Å². The molecule has 5 nitrogen and oxygen atoms in total. The average molecular weight is 442 g/mol. The Labute approximate surface area is 195 Å². The van der Waals surface area contributed by atoms with Crippen molar-refractivity contribution in [3.63, 3.8) is 0 Å². The molecule has 1 aliphatic heterocycles. The molecule has 0 N–H and O–H groups in total. The van der Waals surface area contributed by atoms with Gasteiger partial charge in [0.15, 0.2) is 6.23 Å². The summed E-state index contributed by atoms with van der Waals surface area (Å²) in [5.41, 5.74) is 5.82. The summed E-state index contributed by atoms with van der Waals surface area (Å²) in [4.78, 5) is 10.2. The van der Waals surface area contributed by atoms with Crippen molar-refractivity contribution in [2.75, 3.05) is 33.4 Å². The SMILES string of the molecule is CCCOc1cc(C)cc(C)c1C1=NC(C)=C(N(CCC)CCC)C(OC)N1CC1CC1. The summed E-state index contributed by atoms with van der Waals surface area (Å²) in [6, 6.07) is 4.40. The molecule has 178 valence electrons. The number of allylic oxidation sites excluding steroid dienone is 1. The maximum atomic E-state index is 6.25. The van der Waals surface area contributed by atoms with Crippen LogP contribution in [0.25, 0.3) is 0 Å². The highest BCUT2D eigenvalue weighted by atomic mass is 16.5. The van der Waals surface area contributed by atoms with Gasteiger partial charge < -0.3 is 19.3 Å². The Balaban J connectivity index is 2.15. The first-order valence-corrected chi connectivity index (χ1v) is 12.5. The molecule has 1 aliphatic carbocycles. The molecule has 1 aromatic carbocycles. The first kappa shape index (κ1) is 24.6. The summed E-state index contributed by atoms with van der Waals surface area (Å²) in [5, 5.41) is 0. The molecule has 3 rings (SSSR count). The molecule has 1 unspecified atom stereocenters. The van der Waals surface area contributed by atoms with E-state index in [1.54, 1.807) is 0 Å². The van der Waals surface area contributed by atoms with E-state index < -0.39 is 0 Å². The Bertz CT molecular complexity index is 836. The summed E-state index contributed by atoms with van der Waals surface area (Å²) >= 11 is 0. The highest BCUT2D eigenvalue weighted by molar-refractivity contribution is 6.04. The van der Waals surface area contributed by atoms with E-state index in [-0.39, 0.29) is 6.23 Å². The summed E-state index contributed by atoms with van der Waals surface area (Å²) in [7, 11) is 1.84. The molecule has 0 aromatic heterocycles. The van der Waals surface area contributed by atoms with Gasteiger partial charge in [-0.25, -0.2) is 4.99 Å². The van der Waals surface area contributed by atoms with Crippen molar-refractivity contribution in [1.29, 1.82) is 0 Å². The van der Waals surface area contributed by atoms with Crippen LogP contribution < -0.4 is 4.74 Å². The largest absolute Gasteiger partial charge is 0.493 e. The van der Waals surface area contributed by atoms with E-state index in [4.69, 9.17) is 14.5 Å². The van der Waals surface area contributed by atoms with E-state index in [0.717, 1.165) is 61.7 Å². The van der Waals surface area contributed by atoms with Crippen LogP contribution in [0.2, 0.25) is 0 Å². The number of amidine groups is 1. The summed E-state index contributed by atoms with van der Waals surface area (Å²) in [6.07, 6.45) is 5.66. The predicted octanol–water partition coefficient (Wildman–Crippen LogP) is 5.89. The Morgan fingerprint density at radius 3 is 2.28 bits per heavy atom. The van der Waals surface area contributed by atoms with Crippen molar-refractivity contribution in [1.82, 2.24) is 9.80 Å². The lowest BCUT2D eigenvalue weighted by Crippen LogP contribution is -2.50. The molecule has 0 bridgehead atoms. The lowest BCUT2D eigenvalue weighted by Gasteiger charge is -2.43. The number of methoxy groups -OCH3 is 1. The van der Waals surface area contributed by atoms with Gasteiger partial charge in [-0.15, -0.1) is 0 Å². The predicted molar refractivity (Wildman–Crippen MR) is 133 cm³/mol. The third kappa shape index (κ3) is 5.48. The van der Waals surface area contributed by atoms with Crippen molar-refractivity contribution in [2.24, 2.45) is 10.9 Å². The second kappa shape index (κ2) is 11.2. The van der Waals surface area contributed by atoms with Gasteiger partial charge in [0.25, 0.3) is 0 Å². The van der Waals surface area contributed by atoms with Gasteiger partial charge >= 0.3 is 0 Å². The Morgan fingerprint density at radius 1 is 1.03 bits per heavy atom. The van der Waals surface area contributed by atoms with Crippen LogP contribution in [0.1, 0.15) is 76.5 Å². The number of benzene rings is 1. The van der Waals surface area contributed by atoms with E-state index in [1.165, 1.54) is 29.7 Å². The summed E-state index contributed by atoms with van der Waals surface area (Å²) in [5.74, 6) is 2.66. The highest BCUT2D eigenvalue weighted by Gasteiger charge is 2.38. The van der Waals surface area contributed by atoms with Crippen LogP contribution in [0, 0.1) is 19.8 Å². The number of hydrogen-bond donors (Lipinski definition) is 0. The molecule has 0 amide bonds. The lowest BCUT2D eigenvalue weighted by atomic mass is 10.0. The van der Waals surface area contributed by atoms with Gasteiger partial charge in [-0.1, -0.05) is 26.8 Å². The maximum Gasteiger partial charge on any atom is 0.173 e. The average Bonchev–Trinajstić information content (AvgIpc) is 3.57. The summed E-state index contributed by atoms with van der Waals surface area (Å²) < 4.78 is 12.5. The van der Waals surface area contributed by atoms with Crippen LogP contribution in [-0.4, -0.2) is 55.2 Å². The molecular formula is C27H43N3O2. The zero-order valence-corrected chi connectivity index (χ0v) is 21.3. The van der Waals surface area contributed by atoms with Crippen LogP contribution in [0.15, 0.2) is 28.5 Å². The lowest BCUT2D eigenvalue weighted by molar-refractivity contribution is 0.00825. The molecule has 0 spiro atoms. The molecular weight excluding hydrogens is 398 g/mol. The maximum absolute atomic E-state index is 6.25. The van der Waals surface area contributed by atoms with Crippen molar-refractivity contribution in [3.8, 4) is 5.75 Å². The Kier molecular flexibility index (Phi) is 8.64. The third-order valence-electron chi connectivity index (χ3n) is 6.27. The molecule has 1 saturated carbocycles. The highest BCUT2D eigenvalue weighted by Crippen LogP contribution is 2.37. The molecule has 1 fully saturated rings. The monoisotopic (exact) mass is 441 g/mol. The Morgan fingerprint density at radius 2 is 1.72 bits per heavy atom. The van der Waals surface area contributed by atoms with E-state index in [1.807, 2.05) is 7.11 Å². The smallest absolute Gasteiger partial charge is 0.173 e. The van der Waals surface area contributed by atoms with Crippen LogP contribution in [0.5, 0.6) is 5.75 Å². The first-order chi connectivity index (χ1) is 15.4. The molecule has 1 atom stereocenters. The van der Waals surface area contributed by atoms with Crippen LogP contribution in [0.4, 0.5) is 0 Å². The second-order valence-electron chi connectivity index (χ2n) is 9.38. The van der Waals surface area contributed by atoms with E-state index >= 15 is 0 Å². The molecule has 2 aliphatic rings. The molecule has 1 heterocycles. The molecule has 1 aromatic rings.